The summed E-state index contributed by atoms with van der Waals surface area (Å²) >= 11 is 0. The van der Waals surface area contributed by atoms with Gasteiger partial charge < -0.3 is 4.74 Å². The number of ether oxygens (including phenoxy) is 1. The Morgan fingerprint density at radius 1 is 1.67 bits per heavy atom. The van der Waals surface area contributed by atoms with Crippen molar-refractivity contribution in [2.24, 2.45) is 5.41 Å². The van der Waals surface area contributed by atoms with E-state index in [2.05, 4.69) is 4.74 Å². The lowest BCUT2D eigenvalue weighted by Gasteiger charge is -2.09. The number of carbonyl (C=O) groups is 1. The predicted molar refractivity (Wildman–Crippen MR) is 47.2 cm³/mol. The maximum absolute atomic E-state index is 10.9. The average molecular weight is 211 g/mol. The summed E-state index contributed by atoms with van der Waals surface area (Å²) in [5.74, 6) is 0.165. The highest BCUT2D eigenvalue weighted by Crippen LogP contribution is 2.49. The van der Waals surface area contributed by atoms with Crippen molar-refractivity contribution in [1.29, 1.82) is 0 Å². The molecule has 5 heteroatoms. The van der Waals surface area contributed by atoms with Gasteiger partial charge in [0.15, 0.2) is 0 Å². The number of carbonyl (C=O) groups excluding carboxylic acids is 1. The molecule has 70 valence electrons. The molecule has 0 heterocycles. The Balaban J connectivity index is 2.39. The smallest absolute Gasteiger partial charge is 0.306 e. The zero-order chi connectivity index (χ0) is 9.19. The van der Waals surface area contributed by atoms with Crippen LogP contribution in [0.1, 0.15) is 19.3 Å². The first-order valence-electron chi connectivity index (χ1n) is 3.69. The van der Waals surface area contributed by atoms with Gasteiger partial charge in [0.1, 0.15) is 10.0 Å². The zero-order valence-corrected chi connectivity index (χ0v) is 8.41. The summed E-state index contributed by atoms with van der Waals surface area (Å²) in [6.07, 6.45) is 2.21. The minimum absolute atomic E-state index is 0.111. The quantitative estimate of drug-likeness (QED) is 0.518. The fraction of sp³-hybridized carbons (Fsp3) is 0.857. The number of rotatable bonds is 4. The SMILES string of the molecule is COC(=O)CC1(CS(=O)Cl)CC1. The molecule has 12 heavy (non-hydrogen) atoms. The monoisotopic (exact) mass is 210 g/mol. The zero-order valence-electron chi connectivity index (χ0n) is 6.84. The van der Waals surface area contributed by atoms with Gasteiger partial charge in [-0.25, -0.2) is 4.21 Å². The van der Waals surface area contributed by atoms with Gasteiger partial charge in [-0.3, -0.25) is 4.79 Å². The number of halogens is 1. The maximum Gasteiger partial charge on any atom is 0.306 e. The third-order valence-electron chi connectivity index (χ3n) is 2.12. The molecule has 3 nitrogen and oxygen atoms in total. The molecule has 0 saturated heterocycles. The van der Waals surface area contributed by atoms with Crippen LogP contribution in [0, 0.1) is 5.41 Å². The summed E-state index contributed by atoms with van der Waals surface area (Å²) in [6.45, 7) is 0. The number of hydrogen-bond acceptors (Lipinski definition) is 3. The van der Waals surface area contributed by atoms with Crippen molar-refractivity contribution in [1.82, 2.24) is 0 Å². The van der Waals surface area contributed by atoms with Crippen LogP contribution in [-0.2, 0) is 19.5 Å². The maximum atomic E-state index is 10.9. The van der Waals surface area contributed by atoms with Gasteiger partial charge in [-0.05, 0) is 28.9 Å². The number of methoxy groups -OCH3 is 1. The normalized spacial score (nSPS) is 21.5. The van der Waals surface area contributed by atoms with Crippen LogP contribution < -0.4 is 0 Å². The highest BCUT2D eigenvalue weighted by atomic mass is 35.7. The van der Waals surface area contributed by atoms with Crippen LogP contribution >= 0.6 is 10.7 Å². The molecule has 0 spiro atoms. The number of hydrogen-bond donors (Lipinski definition) is 0. The lowest BCUT2D eigenvalue weighted by atomic mass is 10.1. The van der Waals surface area contributed by atoms with Crippen LogP contribution in [0.25, 0.3) is 0 Å². The second kappa shape index (κ2) is 3.75. The van der Waals surface area contributed by atoms with E-state index in [4.69, 9.17) is 10.7 Å². The molecule has 0 N–H and O–H groups in total. The summed E-state index contributed by atoms with van der Waals surface area (Å²) in [5.41, 5.74) is -0.111. The van der Waals surface area contributed by atoms with Crippen molar-refractivity contribution in [3.05, 3.63) is 0 Å². The molecular weight excluding hydrogens is 200 g/mol. The van der Waals surface area contributed by atoms with E-state index in [1.165, 1.54) is 7.11 Å². The Morgan fingerprint density at radius 2 is 2.25 bits per heavy atom. The standard InChI is InChI=1S/C7H11ClO3S/c1-11-6(9)4-7(2-3-7)5-12(8)10/h2-5H2,1H3. The van der Waals surface area contributed by atoms with E-state index >= 15 is 0 Å². The molecule has 1 fully saturated rings. The van der Waals surface area contributed by atoms with Gasteiger partial charge in [0, 0.05) is 5.75 Å². The van der Waals surface area contributed by atoms with Crippen molar-refractivity contribution < 1.29 is 13.7 Å². The lowest BCUT2D eigenvalue weighted by Crippen LogP contribution is -2.15. The summed E-state index contributed by atoms with van der Waals surface area (Å²) in [6, 6.07) is 0. The molecule has 1 aliphatic rings. The van der Waals surface area contributed by atoms with Gasteiger partial charge >= 0.3 is 5.97 Å². The molecule has 0 radical (unpaired) electrons. The van der Waals surface area contributed by atoms with Gasteiger partial charge in [0.25, 0.3) is 0 Å². The van der Waals surface area contributed by atoms with E-state index in [1.807, 2.05) is 0 Å². The number of esters is 1. The third kappa shape index (κ3) is 2.75. The summed E-state index contributed by atoms with van der Waals surface area (Å²) in [5, 5.41) is 0. The first-order valence-corrected chi connectivity index (χ1v) is 5.84. The summed E-state index contributed by atoms with van der Waals surface area (Å²) in [7, 11) is 5.38. The fourth-order valence-corrected chi connectivity index (χ4v) is 2.73. The van der Waals surface area contributed by atoms with Crippen molar-refractivity contribution in [3.63, 3.8) is 0 Å². The molecule has 0 aromatic heterocycles. The highest BCUT2D eigenvalue weighted by Gasteiger charge is 2.45. The molecule has 1 saturated carbocycles. The molecule has 0 aliphatic heterocycles. The second-order valence-corrected chi connectivity index (χ2v) is 5.09. The summed E-state index contributed by atoms with van der Waals surface area (Å²) < 4.78 is 15.2. The molecule has 1 unspecified atom stereocenters. The molecular formula is C7H11ClO3S. The average Bonchev–Trinajstić information content (AvgIpc) is 2.67. The Labute approximate surface area is 78.4 Å². The molecule has 1 aliphatic carbocycles. The third-order valence-corrected chi connectivity index (χ3v) is 3.29. The first-order chi connectivity index (χ1) is 5.58. The minimum Gasteiger partial charge on any atom is -0.469 e. The van der Waals surface area contributed by atoms with Gasteiger partial charge in [-0.1, -0.05) is 0 Å². The van der Waals surface area contributed by atoms with E-state index in [0.29, 0.717) is 12.2 Å². The summed E-state index contributed by atoms with van der Waals surface area (Å²) in [4.78, 5) is 10.9. The molecule has 0 amide bonds. The highest BCUT2D eigenvalue weighted by molar-refractivity contribution is 8.08. The van der Waals surface area contributed by atoms with Gasteiger partial charge in [-0.2, -0.15) is 0 Å². The van der Waals surface area contributed by atoms with Crippen LogP contribution in [0.2, 0.25) is 0 Å². The van der Waals surface area contributed by atoms with Crippen LogP contribution in [0.4, 0.5) is 0 Å². The minimum atomic E-state index is -1.33. The Bertz CT molecular complexity index is 213. The molecule has 0 aromatic carbocycles. The molecule has 1 rings (SSSR count). The van der Waals surface area contributed by atoms with Crippen LogP contribution in [0.3, 0.4) is 0 Å². The van der Waals surface area contributed by atoms with E-state index in [1.54, 1.807) is 0 Å². The van der Waals surface area contributed by atoms with Crippen molar-refractivity contribution in [2.75, 3.05) is 12.9 Å². The second-order valence-electron chi connectivity index (χ2n) is 3.19. The van der Waals surface area contributed by atoms with Crippen molar-refractivity contribution in [3.8, 4) is 0 Å². The Morgan fingerprint density at radius 3 is 2.58 bits per heavy atom. The topological polar surface area (TPSA) is 43.4 Å². The van der Waals surface area contributed by atoms with E-state index in [0.717, 1.165) is 12.8 Å². The van der Waals surface area contributed by atoms with Crippen LogP contribution in [0.15, 0.2) is 0 Å². The van der Waals surface area contributed by atoms with Gasteiger partial charge in [0.05, 0.1) is 13.5 Å². The molecule has 0 bridgehead atoms. The van der Waals surface area contributed by atoms with Crippen molar-refractivity contribution >= 4 is 26.7 Å². The van der Waals surface area contributed by atoms with E-state index in [-0.39, 0.29) is 11.4 Å². The Hall–Kier alpha value is -0.0900. The lowest BCUT2D eigenvalue weighted by molar-refractivity contribution is -0.141. The molecule has 0 aromatic rings. The van der Waals surface area contributed by atoms with Crippen molar-refractivity contribution in [2.45, 2.75) is 19.3 Å². The van der Waals surface area contributed by atoms with Gasteiger partial charge in [0.2, 0.25) is 0 Å². The van der Waals surface area contributed by atoms with E-state index in [9.17, 15) is 9.00 Å². The fourth-order valence-electron chi connectivity index (χ4n) is 1.17. The molecule has 1 atom stereocenters. The first kappa shape index (κ1) is 9.99. The van der Waals surface area contributed by atoms with Gasteiger partial charge in [-0.15, -0.1) is 0 Å². The largest absolute Gasteiger partial charge is 0.469 e. The predicted octanol–water partition coefficient (Wildman–Crippen LogP) is 1.23. The van der Waals surface area contributed by atoms with Crippen LogP contribution in [-0.4, -0.2) is 23.0 Å². The van der Waals surface area contributed by atoms with E-state index < -0.39 is 10.0 Å². The van der Waals surface area contributed by atoms with Crippen LogP contribution in [0.5, 0.6) is 0 Å². The Kier molecular flexibility index (Phi) is 3.12.